The average molecular weight is 252 g/mol. The van der Waals surface area contributed by atoms with Gasteiger partial charge in [0, 0.05) is 0 Å². The van der Waals surface area contributed by atoms with Crippen LogP contribution in [-0.4, -0.2) is 78.2 Å². The van der Waals surface area contributed by atoms with Crippen LogP contribution in [0.2, 0.25) is 0 Å². The SMILES string of the molecule is CN(C)C(CCc1ccnnn1)(N(C)C)N(C)C. The third-order valence-electron chi connectivity index (χ3n) is 3.42. The number of hydrogen-bond acceptors (Lipinski definition) is 6. The van der Waals surface area contributed by atoms with Crippen LogP contribution in [0.5, 0.6) is 0 Å². The molecule has 0 radical (unpaired) electrons. The minimum Gasteiger partial charge on any atom is -0.279 e. The smallest absolute Gasteiger partial charge is 0.129 e. The molecule has 0 unspecified atom stereocenters. The molecule has 18 heavy (non-hydrogen) atoms. The van der Waals surface area contributed by atoms with Crippen LogP contribution in [0.15, 0.2) is 12.3 Å². The fourth-order valence-electron chi connectivity index (χ4n) is 2.57. The van der Waals surface area contributed by atoms with Gasteiger partial charge < -0.3 is 0 Å². The van der Waals surface area contributed by atoms with Crippen LogP contribution in [-0.2, 0) is 6.42 Å². The number of aryl methyl sites for hydroxylation is 1. The maximum atomic E-state index is 4.04. The monoisotopic (exact) mass is 252 g/mol. The van der Waals surface area contributed by atoms with Gasteiger partial charge in [-0.05, 0) is 66.4 Å². The molecule has 0 spiro atoms. The van der Waals surface area contributed by atoms with E-state index in [1.807, 2.05) is 6.07 Å². The number of aromatic nitrogens is 3. The van der Waals surface area contributed by atoms with Crippen molar-refractivity contribution in [2.75, 3.05) is 42.3 Å². The van der Waals surface area contributed by atoms with Crippen LogP contribution in [0.25, 0.3) is 0 Å². The lowest BCUT2D eigenvalue weighted by Crippen LogP contribution is -2.64. The largest absolute Gasteiger partial charge is 0.279 e. The topological polar surface area (TPSA) is 48.4 Å². The van der Waals surface area contributed by atoms with Gasteiger partial charge in [0.25, 0.3) is 0 Å². The minimum atomic E-state index is -0.134. The van der Waals surface area contributed by atoms with Crippen molar-refractivity contribution in [3.63, 3.8) is 0 Å². The molecule has 0 aliphatic heterocycles. The highest BCUT2D eigenvalue weighted by Gasteiger charge is 2.37. The molecule has 0 aromatic carbocycles. The summed E-state index contributed by atoms with van der Waals surface area (Å²) in [6, 6.07) is 1.92. The van der Waals surface area contributed by atoms with Crippen molar-refractivity contribution in [1.29, 1.82) is 0 Å². The Morgan fingerprint density at radius 3 is 1.94 bits per heavy atom. The highest BCUT2D eigenvalue weighted by Crippen LogP contribution is 2.24. The van der Waals surface area contributed by atoms with Gasteiger partial charge >= 0.3 is 0 Å². The lowest BCUT2D eigenvalue weighted by molar-refractivity contribution is -0.114. The average Bonchev–Trinajstić information content (AvgIpc) is 2.29. The van der Waals surface area contributed by atoms with Gasteiger partial charge in [-0.15, -0.1) is 10.2 Å². The Labute approximate surface area is 110 Å². The van der Waals surface area contributed by atoms with Gasteiger partial charge in [-0.1, -0.05) is 0 Å². The molecular weight excluding hydrogens is 228 g/mol. The van der Waals surface area contributed by atoms with E-state index < -0.39 is 0 Å². The summed E-state index contributed by atoms with van der Waals surface area (Å²) in [5.41, 5.74) is 0.972. The first-order valence-electron chi connectivity index (χ1n) is 6.07. The summed E-state index contributed by atoms with van der Waals surface area (Å²) in [4.78, 5) is 6.67. The molecule has 0 atom stereocenters. The number of hydrogen-bond donors (Lipinski definition) is 0. The van der Waals surface area contributed by atoms with Gasteiger partial charge in [-0.2, -0.15) is 0 Å². The van der Waals surface area contributed by atoms with Crippen molar-refractivity contribution >= 4 is 0 Å². The quantitative estimate of drug-likeness (QED) is 0.671. The maximum absolute atomic E-state index is 4.04. The first kappa shape index (κ1) is 14.9. The van der Waals surface area contributed by atoms with Crippen LogP contribution in [0.1, 0.15) is 12.1 Å². The van der Waals surface area contributed by atoms with E-state index >= 15 is 0 Å². The van der Waals surface area contributed by atoms with E-state index in [0.29, 0.717) is 0 Å². The standard InChI is InChI=1S/C12H24N6/c1-16(2)12(17(3)4,18(5)6)9-7-11-8-10-13-15-14-11/h8,10H,7,9H2,1-6H3. The van der Waals surface area contributed by atoms with Gasteiger partial charge in [0.15, 0.2) is 0 Å². The third kappa shape index (κ3) is 3.01. The molecule has 0 saturated carbocycles. The van der Waals surface area contributed by atoms with E-state index in [1.54, 1.807) is 6.20 Å². The van der Waals surface area contributed by atoms with E-state index in [2.05, 4.69) is 72.4 Å². The molecule has 0 bridgehead atoms. The zero-order valence-corrected chi connectivity index (χ0v) is 12.3. The van der Waals surface area contributed by atoms with Crippen molar-refractivity contribution < 1.29 is 0 Å². The molecule has 0 amide bonds. The Balaban J connectivity index is 2.86. The van der Waals surface area contributed by atoms with Crippen LogP contribution in [0.4, 0.5) is 0 Å². The lowest BCUT2D eigenvalue weighted by atomic mass is 10.1. The second-order valence-electron chi connectivity index (χ2n) is 5.07. The van der Waals surface area contributed by atoms with Crippen molar-refractivity contribution in [3.8, 4) is 0 Å². The van der Waals surface area contributed by atoms with Gasteiger partial charge in [0.2, 0.25) is 0 Å². The normalized spacial score (nSPS) is 12.7. The molecule has 0 aliphatic rings. The summed E-state index contributed by atoms with van der Waals surface area (Å²) in [6.07, 6.45) is 3.49. The first-order chi connectivity index (χ1) is 8.41. The molecule has 1 rings (SSSR count). The van der Waals surface area contributed by atoms with E-state index in [-0.39, 0.29) is 5.79 Å². The van der Waals surface area contributed by atoms with E-state index in [0.717, 1.165) is 18.5 Å². The number of nitrogens with zero attached hydrogens (tertiary/aromatic N) is 6. The summed E-state index contributed by atoms with van der Waals surface area (Å²) < 4.78 is 0. The number of rotatable bonds is 6. The fraction of sp³-hybridized carbons (Fsp3) is 0.750. The van der Waals surface area contributed by atoms with Crippen molar-refractivity contribution in [1.82, 2.24) is 30.1 Å². The summed E-state index contributed by atoms with van der Waals surface area (Å²) >= 11 is 0. The Morgan fingerprint density at radius 1 is 1.00 bits per heavy atom. The zero-order chi connectivity index (χ0) is 13.8. The van der Waals surface area contributed by atoms with Crippen LogP contribution >= 0.6 is 0 Å². The Hall–Kier alpha value is -1.11. The third-order valence-corrected chi connectivity index (χ3v) is 3.42. The molecule has 0 fully saturated rings. The Kier molecular flexibility index (Phi) is 5.13. The second kappa shape index (κ2) is 6.17. The fourth-order valence-corrected chi connectivity index (χ4v) is 2.57. The van der Waals surface area contributed by atoms with Crippen LogP contribution in [0.3, 0.4) is 0 Å². The Morgan fingerprint density at radius 2 is 1.56 bits per heavy atom. The molecule has 102 valence electrons. The predicted octanol–water partition coefficient (Wildman–Crippen LogP) is 0.143. The molecular formula is C12H24N6. The van der Waals surface area contributed by atoms with Crippen LogP contribution in [0, 0.1) is 0 Å². The summed E-state index contributed by atoms with van der Waals surface area (Å²) in [5.74, 6) is -0.134. The highest BCUT2D eigenvalue weighted by atomic mass is 15.5. The van der Waals surface area contributed by atoms with Crippen molar-refractivity contribution in [3.05, 3.63) is 18.0 Å². The molecule has 6 heteroatoms. The summed E-state index contributed by atoms with van der Waals surface area (Å²) in [6.45, 7) is 0. The van der Waals surface area contributed by atoms with Crippen molar-refractivity contribution in [2.24, 2.45) is 0 Å². The Bertz CT molecular complexity index is 327. The zero-order valence-electron chi connectivity index (χ0n) is 12.3. The molecule has 0 N–H and O–H groups in total. The van der Waals surface area contributed by atoms with Gasteiger partial charge in [0.05, 0.1) is 11.9 Å². The minimum absolute atomic E-state index is 0.134. The van der Waals surface area contributed by atoms with Gasteiger partial charge in [-0.25, -0.2) is 0 Å². The molecule has 1 aromatic rings. The lowest BCUT2D eigenvalue weighted by Gasteiger charge is -2.50. The molecule has 6 nitrogen and oxygen atoms in total. The van der Waals surface area contributed by atoms with E-state index in [4.69, 9.17) is 0 Å². The summed E-state index contributed by atoms with van der Waals surface area (Å²) in [5, 5.41) is 11.4. The first-order valence-corrected chi connectivity index (χ1v) is 6.07. The second-order valence-corrected chi connectivity index (χ2v) is 5.07. The highest BCUT2D eigenvalue weighted by molar-refractivity contribution is 4.98. The van der Waals surface area contributed by atoms with Gasteiger partial charge in [-0.3, -0.25) is 14.7 Å². The molecule has 0 saturated heterocycles. The molecule has 0 aliphatic carbocycles. The van der Waals surface area contributed by atoms with E-state index in [1.165, 1.54) is 0 Å². The molecule has 1 heterocycles. The van der Waals surface area contributed by atoms with E-state index in [9.17, 15) is 0 Å². The molecule has 1 aromatic heterocycles. The summed E-state index contributed by atoms with van der Waals surface area (Å²) in [7, 11) is 12.6. The van der Waals surface area contributed by atoms with Crippen molar-refractivity contribution in [2.45, 2.75) is 18.6 Å². The maximum Gasteiger partial charge on any atom is 0.129 e. The predicted molar refractivity (Wildman–Crippen MR) is 71.9 cm³/mol. The van der Waals surface area contributed by atoms with Crippen LogP contribution < -0.4 is 0 Å². The van der Waals surface area contributed by atoms with Gasteiger partial charge in [0.1, 0.15) is 5.79 Å².